The maximum absolute atomic E-state index is 12.5. The van der Waals surface area contributed by atoms with E-state index in [1.165, 1.54) is 12.1 Å². The Morgan fingerprint density at radius 3 is 2.58 bits per heavy atom. The van der Waals surface area contributed by atoms with Crippen LogP contribution in [0.2, 0.25) is 0 Å². The van der Waals surface area contributed by atoms with Crippen LogP contribution in [0.1, 0.15) is 36.0 Å². The van der Waals surface area contributed by atoms with Gasteiger partial charge in [0.15, 0.2) is 11.5 Å². The third-order valence-electron chi connectivity index (χ3n) is 4.56. The normalized spacial score (nSPS) is 16.7. The Bertz CT molecular complexity index is 908. The number of benzene rings is 2. The lowest BCUT2D eigenvalue weighted by Gasteiger charge is -2.21. The summed E-state index contributed by atoms with van der Waals surface area (Å²) in [6.07, 6.45) is 3.86. The van der Waals surface area contributed by atoms with Gasteiger partial charge in [-0.1, -0.05) is 0 Å². The van der Waals surface area contributed by atoms with Gasteiger partial charge in [0.05, 0.1) is 10.5 Å². The highest BCUT2D eigenvalue weighted by molar-refractivity contribution is 14.1. The van der Waals surface area contributed by atoms with Crippen LogP contribution >= 0.6 is 22.6 Å². The summed E-state index contributed by atoms with van der Waals surface area (Å²) in [5, 5.41) is 13.7. The van der Waals surface area contributed by atoms with Gasteiger partial charge < -0.3 is 14.8 Å². The SMILES string of the molecule is O=C(Nc1ccc2c(c1)OC1(CCCC1)O2)c1cc([N+](=O)[O-])ccc1I. The predicted molar refractivity (Wildman–Crippen MR) is 103 cm³/mol. The summed E-state index contributed by atoms with van der Waals surface area (Å²) in [5.41, 5.74) is 0.684. The first kappa shape index (κ1) is 17.1. The Morgan fingerprint density at radius 1 is 1.12 bits per heavy atom. The van der Waals surface area contributed by atoms with Crippen molar-refractivity contribution in [3.63, 3.8) is 0 Å². The zero-order chi connectivity index (χ0) is 18.3. The summed E-state index contributed by atoms with van der Waals surface area (Å²) in [4.78, 5) is 23.0. The van der Waals surface area contributed by atoms with E-state index in [2.05, 4.69) is 5.32 Å². The van der Waals surface area contributed by atoms with E-state index in [1.54, 1.807) is 24.3 Å². The molecule has 8 heteroatoms. The van der Waals surface area contributed by atoms with Crippen molar-refractivity contribution in [1.29, 1.82) is 0 Å². The first-order valence-electron chi connectivity index (χ1n) is 8.23. The van der Waals surface area contributed by atoms with Gasteiger partial charge in [0.25, 0.3) is 17.4 Å². The van der Waals surface area contributed by atoms with Gasteiger partial charge in [-0.2, -0.15) is 0 Å². The molecule has 1 heterocycles. The molecule has 1 aliphatic carbocycles. The lowest BCUT2D eigenvalue weighted by molar-refractivity contribution is -0.384. The van der Waals surface area contributed by atoms with E-state index in [0.29, 0.717) is 20.8 Å². The monoisotopic (exact) mass is 466 g/mol. The number of hydrogen-bond donors (Lipinski definition) is 1. The molecule has 1 N–H and O–H groups in total. The van der Waals surface area contributed by atoms with E-state index < -0.39 is 16.6 Å². The van der Waals surface area contributed by atoms with Gasteiger partial charge in [-0.15, -0.1) is 0 Å². The number of hydrogen-bond acceptors (Lipinski definition) is 5. The molecular weight excluding hydrogens is 451 g/mol. The molecule has 2 aliphatic rings. The standard InChI is InChI=1S/C18H15IN2O5/c19-14-5-4-12(21(23)24)10-13(14)17(22)20-11-3-6-15-16(9-11)26-18(25-15)7-1-2-8-18/h3-6,9-10H,1-2,7-8H2,(H,20,22). The van der Waals surface area contributed by atoms with E-state index in [1.807, 2.05) is 22.6 Å². The summed E-state index contributed by atoms with van der Waals surface area (Å²) in [6, 6.07) is 9.44. The number of nitro groups is 1. The van der Waals surface area contributed by atoms with E-state index in [-0.39, 0.29) is 11.3 Å². The largest absolute Gasteiger partial charge is 0.448 e. The number of non-ortho nitro benzene ring substituents is 1. The van der Waals surface area contributed by atoms with Crippen molar-refractivity contribution in [2.75, 3.05) is 5.32 Å². The van der Waals surface area contributed by atoms with Crippen LogP contribution in [-0.4, -0.2) is 16.6 Å². The number of rotatable bonds is 3. The minimum atomic E-state index is -0.555. The fourth-order valence-corrected chi connectivity index (χ4v) is 3.87. The van der Waals surface area contributed by atoms with Gasteiger partial charge >= 0.3 is 0 Å². The molecule has 1 amide bonds. The topological polar surface area (TPSA) is 90.7 Å². The fraction of sp³-hybridized carbons (Fsp3) is 0.278. The molecule has 0 unspecified atom stereocenters. The number of nitro benzene ring substituents is 1. The van der Waals surface area contributed by atoms with Crippen LogP contribution in [-0.2, 0) is 0 Å². The van der Waals surface area contributed by atoms with Crippen LogP contribution in [0.4, 0.5) is 11.4 Å². The van der Waals surface area contributed by atoms with Crippen molar-refractivity contribution in [2.45, 2.75) is 31.5 Å². The Hall–Kier alpha value is -2.36. The fourth-order valence-electron chi connectivity index (χ4n) is 3.29. The zero-order valence-electron chi connectivity index (χ0n) is 13.7. The van der Waals surface area contributed by atoms with Crippen molar-refractivity contribution < 1.29 is 19.2 Å². The Labute approximate surface area is 163 Å². The average Bonchev–Trinajstić information content (AvgIpc) is 3.20. The number of nitrogens with zero attached hydrogens (tertiary/aromatic N) is 1. The molecule has 2 aromatic rings. The second kappa shape index (κ2) is 6.42. The minimum Gasteiger partial charge on any atom is -0.448 e. The lowest BCUT2D eigenvalue weighted by atomic mass is 10.2. The molecule has 134 valence electrons. The quantitative estimate of drug-likeness (QED) is 0.409. The molecule has 0 saturated heterocycles. The van der Waals surface area contributed by atoms with E-state index in [9.17, 15) is 14.9 Å². The number of fused-ring (bicyclic) bond motifs is 1. The van der Waals surface area contributed by atoms with Gasteiger partial charge in [-0.25, -0.2) is 0 Å². The molecule has 0 aromatic heterocycles. The first-order chi connectivity index (χ1) is 12.5. The molecular formula is C18H15IN2O5. The molecule has 1 saturated carbocycles. The van der Waals surface area contributed by atoms with Crippen molar-refractivity contribution in [1.82, 2.24) is 0 Å². The van der Waals surface area contributed by atoms with E-state index in [0.717, 1.165) is 25.7 Å². The van der Waals surface area contributed by atoms with Gasteiger partial charge in [0, 0.05) is 40.3 Å². The van der Waals surface area contributed by atoms with Crippen LogP contribution in [0.3, 0.4) is 0 Å². The third kappa shape index (κ3) is 3.09. The van der Waals surface area contributed by atoms with Crippen molar-refractivity contribution in [3.8, 4) is 11.5 Å². The number of nitrogens with one attached hydrogen (secondary N) is 1. The maximum atomic E-state index is 12.5. The number of amides is 1. The summed E-state index contributed by atoms with van der Waals surface area (Å²) in [7, 11) is 0. The number of anilines is 1. The van der Waals surface area contributed by atoms with Crippen LogP contribution in [0.25, 0.3) is 0 Å². The molecule has 1 fully saturated rings. The summed E-state index contributed by atoms with van der Waals surface area (Å²) >= 11 is 1.98. The van der Waals surface area contributed by atoms with Crippen molar-refractivity contribution in [3.05, 3.63) is 55.6 Å². The molecule has 26 heavy (non-hydrogen) atoms. The predicted octanol–water partition coefficient (Wildman–Crippen LogP) is 4.49. The Morgan fingerprint density at radius 2 is 1.85 bits per heavy atom. The third-order valence-corrected chi connectivity index (χ3v) is 5.50. The smallest absolute Gasteiger partial charge is 0.270 e. The molecule has 7 nitrogen and oxygen atoms in total. The lowest BCUT2D eigenvalue weighted by Crippen LogP contribution is -2.34. The van der Waals surface area contributed by atoms with Crippen molar-refractivity contribution in [2.24, 2.45) is 0 Å². The van der Waals surface area contributed by atoms with Crippen LogP contribution in [0, 0.1) is 13.7 Å². The summed E-state index contributed by atoms with van der Waals surface area (Å²) in [5.74, 6) is 0.321. The van der Waals surface area contributed by atoms with Crippen molar-refractivity contribution >= 4 is 39.9 Å². The Kier molecular flexibility index (Phi) is 4.22. The van der Waals surface area contributed by atoms with Gasteiger partial charge in [0.1, 0.15) is 0 Å². The molecule has 1 aliphatic heterocycles. The van der Waals surface area contributed by atoms with Crippen LogP contribution < -0.4 is 14.8 Å². The highest BCUT2D eigenvalue weighted by atomic mass is 127. The molecule has 4 rings (SSSR count). The van der Waals surface area contributed by atoms with Gasteiger partial charge in [0.2, 0.25) is 0 Å². The number of ether oxygens (including phenoxy) is 2. The minimum absolute atomic E-state index is 0.121. The Balaban J connectivity index is 1.55. The average molecular weight is 466 g/mol. The maximum Gasteiger partial charge on any atom is 0.270 e. The number of halogens is 1. The number of carbonyl (C=O) groups excluding carboxylic acids is 1. The second-order valence-corrected chi connectivity index (χ2v) is 7.52. The highest BCUT2D eigenvalue weighted by Gasteiger charge is 2.44. The molecule has 1 spiro atoms. The van der Waals surface area contributed by atoms with E-state index >= 15 is 0 Å². The molecule has 0 bridgehead atoms. The van der Waals surface area contributed by atoms with E-state index in [4.69, 9.17) is 9.47 Å². The molecule has 2 aromatic carbocycles. The first-order valence-corrected chi connectivity index (χ1v) is 9.31. The zero-order valence-corrected chi connectivity index (χ0v) is 15.8. The number of carbonyl (C=O) groups is 1. The highest BCUT2D eigenvalue weighted by Crippen LogP contribution is 2.47. The van der Waals surface area contributed by atoms with Crippen LogP contribution in [0.5, 0.6) is 11.5 Å². The summed E-state index contributed by atoms with van der Waals surface area (Å²) < 4.78 is 12.6. The van der Waals surface area contributed by atoms with Gasteiger partial charge in [-0.3, -0.25) is 14.9 Å². The summed E-state index contributed by atoms with van der Waals surface area (Å²) in [6.45, 7) is 0. The second-order valence-electron chi connectivity index (χ2n) is 6.36. The molecule has 0 atom stereocenters. The van der Waals surface area contributed by atoms with Crippen LogP contribution in [0.15, 0.2) is 36.4 Å². The molecule has 0 radical (unpaired) electrons. The van der Waals surface area contributed by atoms with Gasteiger partial charge in [-0.05, 0) is 53.6 Å².